The van der Waals surface area contributed by atoms with Crippen molar-refractivity contribution < 1.29 is 9.53 Å². The molecule has 0 radical (unpaired) electrons. The average Bonchev–Trinajstić information content (AvgIpc) is 2.56. The molecule has 0 atom stereocenters. The minimum atomic E-state index is -0.148. The highest BCUT2D eigenvalue weighted by Gasteiger charge is 2.16. The van der Waals surface area contributed by atoms with Crippen molar-refractivity contribution in [1.82, 2.24) is 0 Å². The van der Waals surface area contributed by atoms with E-state index in [1.165, 1.54) is 0 Å². The Kier molecular flexibility index (Phi) is 2.55. The van der Waals surface area contributed by atoms with Gasteiger partial charge in [0.15, 0.2) is 0 Å². The number of allylic oxidation sites excluding steroid dienone is 1. The van der Waals surface area contributed by atoms with Crippen molar-refractivity contribution in [2.75, 3.05) is 0 Å². The Bertz CT molecular complexity index is 379. The highest BCUT2D eigenvalue weighted by molar-refractivity contribution is 6.30. The Morgan fingerprint density at radius 3 is 2.50 bits per heavy atom. The van der Waals surface area contributed by atoms with Gasteiger partial charge in [0, 0.05) is 11.4 Å². The second-order valence-corrected chi connectivity index (χ2v) is 3.57. The summed E-state index contributed by atoms with van der Waals surface area (Å²) in [6, 6.07) is 7.40. The molecule has 14 heavy (non-hydrogen) atoms. The van der Waals surface area contributed by atoms with Gasteiger partial charge in [0.25, 0.3) is 0 Å². The molecule has 72 valence electrons. The first-order valence-electron chi connectivity index (χ1n) is 4.41. The molecule has 0 saturated carbocycles. The Morgan fingerprint density at radius 1 is 1.21 bits per heavy atom. The maximum absolute atomic E-state index is 10.8. The van der Waals surface area contributed by atoms with Crippen molar-refractivity contribution in [3.63, 3.8) is 0 Å². The Hall–Kier alpha value is -1.28. The zero-order valence-corrected chi connectivity index (χ0v) is 8.25. The molecule has 1 aromatic rings. The number of ether oxygens (including phenoxy) is 1. The number of carbonyl (C=O) groups is 1. The summed E-state index contributed by atoms with van der Waals surface area (Å²) < 4.78 is 4.98. The molecule has 0 N–H and O–H groups in total. The fourth-order valence-corrected chi connectivity index (χ4v) is 1.45. The van der Waals surface area contributed by atoms with Crippen LogP contribution >= 0.6 is 11.6 Å². The third-order valence-electron chi connectivity index (χ3n) is 2.02. The number of hydrogen-bond donors (Lipinski definition) is 0. The van der Waals surface area contributed by atoms with Crippen LogP contribution in [0.25, 0.3) is 6.08 Å². The van der Waals surface area contributed by atoms with Gasteiger partial charge in [-0.3, -0.25) is 4.79 Å². The largest absolute Gasteiger partial charge is 0.431 e. The van der Waals surface area contributed by atoms with Crippen LogP contribution in [0.1, 0.15) is 18.4 Å². The lowest BCUT2D eigenvalue weighted by Gasteiger charge is -1.97. The summed E-state index contributed by atoms with van der Waals surface area (Å²) >= 11 is 5.75. The van der Waals surface area contributed by atoms with E-state index in [9.17, 15) is 4.79 Å². The lowest BCUT2D eigenvalue weighted by molar-refractivity contribution is -0.135. The van der Waals surface area contributed by atoms with Crippen molar-refractivity contribution in [1.29, 1.82) is 0 Å². The van der Waals surface area contributed by atoms with Gasteiger partial charge in [-0.1, -0.05) is 23.7 Å². The van der Waals surface area contributed by atoms with Crippen LogP contribution < -0.4 is 0 Å². The first-order chi connectivity index (χ1) is 6.74. The summed E-state index contributed by atoms with van der Waals surface area (Å²) in [6.45, 7) is 0. The highest BCUT2D eigenvalue weighted by Crippen LogP contribution is 2.21. The van der Waals surface area contributed by atoms with E-state index in [4.69, 9.17) is 16.3 Å². The van der Waals surface area contributed by atoms with Crippen LogP contribution in [0.5, 0.6) is 0 Å². The van der Waals surface area contributed by atoms with Crippen molar-refractivity contribution in [3.05, 3.63) is 40.6 Å². The zero-order valence-electron chi connectivity index (χ0n) is 7.50. The summed E-state index contributed by atoms with van der Waals surface area (Å²) in [5.41, 5.74) is 0.999. The Balaban J connectivity index is 2.17. The molecule has 1 saturated heterocycles. The molecule has 3 heteroatoms. The molecule has 1 aliphatic heterocycles. The highest BCUT2D eigenvalue weighted by atomic mass is 35.5. The topological polar surface area (TPSA) is 26.3 Å². The van der Waals surface area contributed by atoms with E-state index >= 15 is 0 Å². The lowest BCUT2D eigenvalue weighted by atomic mass is 10.2. The van der Waals surface area contributed by atoms with Gasteiger partial charge in [0.1, 0.15) is 5.76 Å². The van der Waals surface area contributed by atoms with Crippen molar-refractivity contribution in [3.8, 4) is 0 Å². The minimum Gasteiger partial charge on any atom is -0.431 e. The van der Waals surface area contributed by atoms with E-state index in [1.807, 2.05) is 30.3 Å². The molecule has 1 aliphatic rings. The molecule has 1 heterocycles. The van der Waals surface area contributed by atoms with Gasteiger partial charge in [-0.15, -0.1) is 0 Å². The molecule has 0 unspecified atom stereocenters. The fourth-order valence-electron chi connectivity index (χ4n) is 1.32. The smallest absolute Gasteiger partial charge is 0.311 e. The quantitative estimate of drug-likeness (QED) is 0.664. The second-order valence-electron chi connectivity index (χ2n) is 3.14. The van der Waals surface area contributed by atoms with Crippen LogP contribution in [-0.2, 0) is 9.53 Å². The van der Waals surface area contributed by atoms with Gasteiger partial charge >= 0.3 is 5.97 Å². The molecule has 2 rings (SSSR count). The third-order valence-corrected chi connectivity index (χ3v) is 2.27. The van der Waals surface area contributed by atoms with E-state index < -0.39 is 0 Å². The van der Waals surface area contributed by atoms with Gasteiger partial charge in [0.05, 0.1) is 6.42 Å². The van der Waals surface area contributed by atoms with Gasteiger partial charge in [-0.05, 0) is 23.8 Å². The molecule has 0 aromatic heterocycles. The monoisotopic (exact) mass is 208 g/mol. The van der Waals surface area contributed by atoms with Crippen molar-refractivity contribution >= 4 is 23.6 Å². The number of benzene rings is 1. The van der Waals surface area contributed by atoms with E-state index in [-0.39, 0.29) is 5.97 Å². The maximum Gasteiger partial charge on any atom is 0.311 e. The van der Waals surface area contributed by atoms with Gasteiger partial charge in [-0.2, -0.15) is 0 Å². The van der Waals surface area contributed by atoms with Crippen molar-refractivity contribution in [2.45, 2.75) is 12.8 Å². The number of rotatable bonds is 1. The van der Waals surface area contributed by atoms with Crippen LogP contribution in [0, 0.1) is 0 Å². The first kappa shape index (κ1) is 9.28. The molecule has 0 amide bonds. The number of halogens is 1. The maximum atomic E-state index is 10.8. The molecule has 0 aliphatic carbocycles. The molecule has 2 nitrogen and oxygen atoms in total. The van der Waals surface area contributed by atoms with Crippen LogP contribution in [0.2, 0.25) is 5.02 Å². The van der Waals surface area contributed by atoms with Gasteiger partial charge in [-0.25, -0.2) is 0 Å². The minimum absolute atomic E-state index is 0.148. The molecular weight excluding hydrogens is 200 g/mol. The Morgan fingerprint density at radius 2 is 1.93 bits per heavy atom. The van der Waals surface area contributed by atoms with Crippen LogP contribution in [0.15, 0.2) is 30.0 Å². The summed E-state index contributed by atoms with van der Waals surface area (Å²) in [7, 11) is 0. The van der Waals surface area contributed by atoms with E-state index in [1.54, 1.807) is 0 Å². The molecule has 0 spiro atoms. The summed E-state index contributed by atoms with van der Waals surface area (Å²) in [5.74, 6) is 0.586. The summed E-state index contributed by atoms with van der Waals surface area (Å²) in [6.07, 6.45) is 3.04. The normalized spacial score (nSPS) is 18.6. The predicted octanol–water partition coefficient (Wildman–Crippen LogP) is 3.02. The summed E-state index contributed by atoms with van der Waals surface area (Å²) in [5, 5.41) is 0.704. The molecule has 1 aromatic carbocycles. The SMILES string of the molecule is O=C1CC/C(=C\c2ccc(Cl)cc2)O1. The van der Waals surface area contributed by atoms with E-state index in [0.717, 1.165) is 11.3 Å². The molecular formula is C11H9ClO2. The third kappa shape index (κ3) is 2.15. The molecule has 0 bridgehead atoms. The fraction of sp³-hybridized carbons (Fsp3) is 0.182. The Labute approximate surface area is 87.1 Å². The number of esters is 1. The zero-order chi connectivity index (χ0) is 9.97. The number of cyclic esters (lactones) is 1. The summed E-state index contributed by atoms with van der Waals surface area (Å²) in [4.78, 5) is 10.8. The lowest BCUT2D eigenvalue weighted by Crippen LogP contribution is -1.88. The van der Waals surface area contributed by atoms with Crippen LogP contribution in [0.3, 0.4) is 0 Å². The van der Waals surface area contributed by atoms with Gasteiger partial charge in [0.2, 0.25) is 0 Å². The van der Waals surface area contributed by atoms with Crippen molar-refractivity contribution in [2.24, 2.45) is 0 Å². The first-order valence-corrected chi connectivity index (χ1v) is 4.79. The number of carbonyl (C=O) groups excluding carboxylic acids is 1. The van der Waals surface area contributed by atoms with E-state index in [2.05, 4.69) is 0 Å². The second kappa shape index (κ2) is 3.84. The standard InChI is InChI=1S/C11H9ClO2/c12-9-3-1-8(2-4-9)7-10-5-6-11(13)14-10/h1-4,7H,5-6H2/b10-7+. The number of hydrogen-bond acceptors (Lipinski definition) is 2. The van der Waals surface area contributed by atoms with Crippen LogP contribution in [-0.4, -0.2) is 5.97 Å². The molecule has 1 fully saturated rings. The van der Waals surface area contributed by atoms with Gasteiger partial charge < -0.3 is 4.74 Å². The predicted molar refractivity (Wildman–Crippen MR) is 54.8 cm³/mol. The average molecular weight is 209 g/mol. The van der Waals surface area contributed by atoms with Crippen LogP contribution in [0.4, 0.5) is 0 Å². The van der Waals surface area contributed by atoms with E-state index in [0.29, 0.717) is 17.9 Å².